The third kappa shape index (κ3) is 4.28. The lowest BCUT2D eigenvalue weighted by atomic mass is 9.87. The first-order chi connectivity index (χ1) is 10.0. The van der Waals surface area contributed by atoms with Gasteiger partial charge in [-0.15, -0.1) is 11.3 Å². The maximum atomic E-state index is 11.8. The van der Waals surface area contributed by atoms with Gasteiger partial charge in [0.05, 0.1) is 18.0 Å². The Morgan fingerprint density at radius 1 is 1.29 bits per heavy atom. The SMILES string of the molecule is Cc1ccc(C(=O)NCC(=O)NCC2(CO)CCCC2)s1. The number of carbonyl (C=O) groups excluding carboxylic acids is 2. The van der Waals surface area contributed by atoms with Crippen molar-refractivity contribution in [2.24, 2.45) is 5.41 Å². The molecule has 0 radical (unpaired) electrons. The van der Waals surface area contributed by atoms with Crippen LogP contribution in [0.1, 0.15) is 40.2 Å². The summed E-state index contributed by atoms with van der Waals surface area (Å²) < 4.78 is 0. The maximum Gasteiger partial charge on any atom is 0.261 e. The van der Waals surface area contributed by atoms with Crippen molar-refractivity contribution in [1.82, 2.24) is 10.6 Å². The number of carbonyl (C=O) groups is 2. The smallest absolute Gasteiger partial charge is 0.261 e. The van der Waals surface area contributed by atoms with Gasteiger partial charge >= 0.3 is 0 Å². The van der Waals surface area contributed by atoms with Gasteiger partial charge in [0.15, 0.2) is 0 Å². The lowest BCUT2D eigenvalue weighted by molar-refractivity contribution is -0.120. The zero-order chi connectivity index (χ0) is 15.3. The molecule has 1 heterocycles. The van der Waals surface area contributed by atoms with Crippen molar-refractivity contribution < 1.29 is 14.7 Å². The summed E-state index contributed by atoms with van der Waals surface area (Å²) in [7, 11) is 0. The molecule has 0 saturated heterocycles. The molecule has 0 aliphatic heterocycles. The molecule has 0 atom stereocenters. The lowest BCUT2D eigenvalue weighted by Gasteiger charge is -2.26. The second kappa shape index (κ2) is 7.04. The van der Waals surface area contributed by atoms with Gasteiger partial charge in [0.25, 0.3) is 5.91 Å². The number of hydrogen-bond acceptors (Lipinski definition) is 4. The molecular weight excluding hydrogens is 288 g/mol. The fourth-order valence-corrected chi connectivity index (χ4v) is 3.45. The van der Waals surface area contributed by atoms with Gasteiger partial charge in [0, 0.05) is 16.8 Å². The summed E-state index contributed by atoms with van der Waals surface area (Å²) in [4.78, 5) is 25.3. The number of rotatable bonds is 6. The third-order valence-corrected chi connectivity index (χ3v) is 5.03. The van der Waals surface area contributed by atoms with Gasteiger partial charge in [0.2, 0.25) is 5.91 Å². The number of aliphatic hydroxyl groups is 1. The van der Waals surface area contributed by atoms with E-state index in [1.807, 2.05) is 13.0 Å². The van der Waals surface area contributed by atoms with E-state index in [0.29, 0.717) is 11.4 Å². The number of thiophene rings is 1. The van der Waals surface area contributed by atoms with Gasteiger partial charge in [-0.25, -0.2) is 0 Å². The van der Waals surface area contributed by atoms with Crippen molar-refractivity contribution in [3.05, 3.63) is 21.9 Å². The van der Waals surface area contributed by atoms with Crippen LogP contribution in [0.25, 0.3) is 0 Å². The molecule has 2 rings (SSSR count). The van der Waals surface area contributed by atoms with Gasteiger partial charge in [-0.1, -0.05) is 12.8 Å². The van der Waals surface area contributed by atoms with E-state index in [9.17, 15) is 14.7 Å². The van der Waals surface area contributed by atoms with Gasteiger partial charge in [-0.3, -0.25) is 9.59 Å². The highest BCUT2D eigenvalue weighted by Gasteiger charge is 2.33. The standard InChI is InChI=1S/C15H22N2O3S/c1-11-4-5-12(21-11)14(20)16-8-13(19)17-9-15(10-18)6-2-3-7-15/h4-5,18H,2-3,6-10H2,1H3,(H,16,20)(H,17,19). The Balaban J connectivity index is 1.73. The van der Waals surface area contributed by atoms with E-state index in [2.05, 4.69) is 10.6 Å². The highest BCUT2D eigenvalue weighted by Crippen LogP contribution is 2.36. The number of aliphatic hydroxyl groups excluding tert-OH is 1. The fourth-order valence-electron chi connectivity index (χ4n) is 2.67. The van der Waals surface area contributed by atoms with Crippen LogP contribution in [0.3, 0.4) is 0 Å². The van der Waals surface area contributed by atoms with Crippen LogP contribution in [0.2, 0.25) is 0 Å². The number of nitrogens with one attached hydrogen (secondary N) is 2. The maximum absolute atomic E-state index is 11.8. The van der Waals surface area contributed by atoms with Gasteiger partial charge < -0.3 is 15.7 Å². The Morgan fingerprint density at radius 2 is 2.00 bits per heavy atom. The summed E-state index contributed by atoms with van der Waals surface area (Å²) in [6.45, 7) is 2.49. The molecular formula is C15H22N2O3S. The number of aryl methyl sites for hydroxylation is 1. The molecule has 1 aliphatic carbocycles. The summed E-state index contributed by atoms with van der Waals surface area (Å²) in [5, 5.41) is 14.9. The first-order valence-corrected chi connectivity index (χ1v) is 8.08. The molecule has 0 unspecified atom stereocenters. The quantitative estimate of drug-likeness (QED) is 0.744. The number of amides is 2. The predicted molar refractivity (Wildman–Crippen MR) is 82.4 cm³/mol. The minimum absolute atomic E-state index is 0.0305. The first-order valence-electron chi connectivity index (χ1n) is 7.27. The predicted octanol–water partition coefficient (Wildman–Crippen LogP) is 1.46. The van der Waals surface area contributed by atoms with E-state index in [0.717, 1.165) is 30.6 Å². The van der Waals surface area contributed by atoms with E-state index in [1.54, 1.807) is 6.07 Å². The molecule has 3 N–H and O–H groups in total. The lowest BCUT2D eigenvalue weighted by Crippen LogP contribution is -2.42. The van der Waals surface area contributed by atoms with Gasteiger partial charge in [-0.2, -0.15) is 0 Å². The van der Waals surface area contributed by atoms with Crippen molar-refractivity contribution >= 4 is 23.2 Å². The molecule has 116 valence electrons. The summed E-state index contributed by atoms with van der Waals surface area (Å²) in [6.07, 6.45) is 4.10. The van der Waals surface area contributed by atoms with Gasteiger partial charge in [-0.05, 0) is 31.9 Å². The largest absolute Gasteiger partial charge is 0.396 e. The van der Waals surface area contributed by atoms with Crippen LogP contribution in [0.15, 0.2) is 12.1 Å². The molecule has 1 saturated carbocycles. The van der Waals surface area contributed by atoms with E-state index in [4.69, 9.17) is 0 Å². The molecule has 2 amide bonds. The summed E-state index contributed by atoms with van der Waals surface area (Å²) in [5.41, 5.74) is -0.162. The Labute approximate surface area is 128 Å². The topological polar surface area (TPSA) is 78.4 Å². The van der Waals surface area contributed by atoms with Crippen molar-refractivity contribution in [3.8, 4) is 0 Å². The van der Waals surface area contributed by atoms with Crippen LogP contribution >= 0.6 is 11.3 Å². The molecule has 5 nitrogen and oxygen atoms in total. The third-order valence-electron chi connectivity index (χ3n) is 4.03. The van der Waals surface area contributed by atoms with Crippen molar-refractivity contribution in [2.45, 2.75) is 32.6 Å². The second-order valence-electron chi connectivity index (χ2n) is 5.73. The monoisotopic (exact) mass is 310 g/mol. The summed E-state index contributed by atoms with van der Waals surface area (Å²) >= 11 is 1.41. The summed E-state index contributed by atoms with van der Waals surface area (Å²) in [5.74, 6) is -0.433. The first kappa shape index (κ1) is 16.0. The van der Waals surface area contributed by atoms with Crippen LogP contribution in [-0.2, 0) is 4.79 Å². The summed E-state index contributed by atoms with van der Waals surface area (Å²) in [6, 6.07) is 3.64. The Bertz CT molecular complexity index is 507. The van der Waals surface area contributed by atoms with Crippen molar-refractivity contribution in [2.75, 3.05) is 19.7 Å². The van der Waals surface area contributed by atoms with Crippen LogP contribution in [-0.4, -0.2) is 36.6 Å². The molecule has 6 heteroatoms. The van der Waals surface area contributed by atoms with E-state index >= 15 is 0 Å². The molecule has 21 heavy (non-hydrogen) atoms. The molecule has 1 aromatic rings. The zero-order valence-corrected chi connectivity index (χ0v) is 13.1. The Kier molecular flexibility index (Phi) is 5.36. The average Bonchev–Trinajstić information content (AvgIpc) is 3.12. The highest BCUT2D eigenvalue weighted by molar-refractivity contribution is 7.13. The Morgan fingerprint density at radius 3 is 2.57 bits per heavy atom. The molecule has 0 spiro atoms. The highest BCUT2D eigenvalue weighted by atomic mass is 32.1. The van der Waals surface area contributed by atoms with E-state index < -0.39 is 0 Å². The van der Waals surface area contributed by atoms with Crippen LogP contribution in [0.4, 0.5) is 0 Å². The number of hydrogen-bond donors (Lipinski definition) is 3. The Hall–Kier alpha value is -1.40. The fraction of sp³-hybridized carbons (Fsp3) is 0.600. The molecule has 1 aliphatic rings. The molecule has 0 bridgehead atoms. The van der Waals surface area contributed by atoms with Gasteiger partial charge in [0.1, 0.15) is 0 Å². The normalized spacial score (nSPS) is 16.7. The van der Waals surface area contributed by atoms with Crippen LogP contribution in [0.5, 0.6) is 0 Å². The van der Waals surface area contributed by atoms with Crippen LogP contribution < -0.4 is 10.6 Å². The minimum Gasteiger partial charge on any atom is -0.396 e. The van der Waals surface area contributed by atoms with Crippen LogP contribution in [0, 0.1) is 12.3 Å². The minimum atomic E-state index is -0.221. The zero-order valence-electron chi connectivity index (χ0n) is 12.3. The molecule has 0 aromatic carbocycles. The van der Waals surface area contributed by atoms with E-state index in [-0.39, 0.29) is 30.4 Å². The van der Waals surface area contributed by atoms with Crippen molar-refractivity contribution in [1.29, 1.82) is 0 Å². The van der Waals surface area contributed by atoms with Crippen molar-refractivity contribution in [3.63, 3.8) is 0 Å². The second-order valence-corrected chi connectivity index (χ2v) is 7.02. The average molecular weight is 310 g/mol. The van der Waals surface area contributed by atoms with E-state index in [1.165, 1.54) is 11.3 Å². The molecule has 1 aromatic heterocycles. The molecule has 1 fully saturated rings.